The molecule has 2 heterocycles. The molecule has 4 rings (SSSR count). The Morgan fingerprint density at radius 3 is 2.81 bits per heavy atom. The van der Waals surface area contributed by atoms with Crippen LogP contribution >= 0.6 is 0 Å². The summed E-state index contributed by atoms with van der Waals surface area (Å²) in [6, 6.07) is 14.1. The van der Waals surface area contributed by atoms with Crippen molar-refractivity contribution in [1.29, 1.82) is 0 Å². The van der Waals surface area contributed by atoms with Gasteiger partial charge in [-0.3, -0.25) is 4.99 Å². The summed E-state index contributed by atoms with van der Waals surface area (Å²) >= 11 is 0. The Bertz CT molecular complexity index is 937. The number of nitrogens with one attached hydrogen (secondary N) is 2. The molecule has 0 saturated carbocycles. The number of aliphatic imine (C=N–C) groups is 1. The van der Waals surface area contributed by atoms with E-state index in [2.05, 4.69) is 32.7 Å². The molecule has 7 heteroatoms. The molecule has 0 amide bonds. The zero-order valence-electron chi connectivity index (χ0n) is 15.1. The lowest BCUT2D eigenvalue weighted by atomic mass is 10.1. The molecule has 138 valence electrons. The van der Waals surface area contributed by atoms with Crippen LogP contribution in [0.3, 0.4) is 0 Å². The number of imidazole rings is 1. The molecule has 7 nitrogen and oxygen atoms in total. The van der Waals surface area contributed by atoms with E-state index in [1.807, 2.05) is 41.1 Å². The lowest BCUT2D eigenvalue weighted by molar-refractivity contribution is 0.174. The van der Waals surface area contributed by atoms with Crippen LogP contribution in [0.1, 0.15) is 11.1 Å². The maximum absolute atomic E-state index is 5.42. The predicted molar refractivity (Wildman–Crippen MR) is 103 cm³/mol. The zero-order valence-corrected chi connectivity index (χ0v) is 15.1. The van der Waals surface area contributed by atoms with Crippen molar-refractivity contribution in [3.05, 3.63) is 72.3 Å². The van der Waals surface area contributed by atoms with Gasteiger partial charge < -0.3 is 24.7 Å². The third-order valence-corrected chi connectivity index (χ3v) is 4.34. The minimum absolute atomic E-state index is 0.283. The van der Waals surface area contributed by atoms with Crippen LogP contribution in [0.2, 0.25) is 0 Å². The molecule has 0 spiro atoms. The first-order valence-corrected chi connectivity index (χ1v) is 8.73. The van der Waals surface area contributed by atoms with Crippen LogP contribution in [-0.2, 0) is 13.1 Å². The topological polar surface area (TPSA) is 72.7 Å². The summed E-state index contributed by atoms with van der Waals surface area (Å²) in [4.78, 5) is 8.43. The van der Waals surface area contributed by atoms with Crippen molar-refractivity contribution in [2.75, 3.05) is 13.8 Å². The van der Waals surface area contributed by atoms with Crippen LogP contribution in [0.5, 0.6) is 11.5 Å². The summed E-state index contributed by atoms with van der Waals surface area (Å²) in [6.45, 7) is 1.57. The fraction of sp³-hybridized carbons (Fsp3) is 0.200. The SMILES string of the molecule is CN=C(NCc1ccc2c(c1)OCO2)NCc1ccccc1-n1ccnc1. The fourth-order valence-corrected chi connectivity index (χ4v) is 2.95. The predicted octanol–water partition coefficient (Wildman–Crippen LogP) is 2.47. The molecule has 0 aliphatic carbocycles. The summed E-state index contributed by atoms with van der Waals surface area (Å²) in [5, 5.41) is 6.68. The monoisotopic (exact) mass is 363 g/mol. The van der Waals surface area contributed by atoms with Crippen molar-refractivity contribution in [1.82, 2.24) is 20.2 Å². The lowest BCUT2D eigenvalue weighted by Gasteiger charge is -2.15. The molecule has 0 unspecified atom stereocenters. The Balaban J connectivity index is 1.38. The highest BCUT2D eigenvalue weighted by molar-refractivity contribution is 5.79. The van der Waals surface area contributed by atoms with Gasteiger partial charge in [0.2, 0.25) is 6.79 Å². The number of hydrogen-bond donors (Lipinski definition) is 2. The fourth-order valence-electron chi connectivity index (χ4n) is 2.95. The van der Waals surface area contributed by atoms with Crippen molar-refractivity contribution in [3.8, 4) is 17.2 Å². The van der Waals surface area contributed by atoms with Gasteiger partial charge in [0, 0.05) is 32.5 Å². The van der Waals surface area contributed by atoms with Crippen LogP contribution in [0, 0.1) is 0 Å². The number of fused-ring (bicyclic) bond motifs is 1. The summed E-state index contributed by atoms with van der Waals surface area (Å²) < 4.78 is 12.8. The third kappa shape index (κ3) is 3.87. The number of rotatable bonds is 5. The zero-order chi connectivity index (χ0) is 18.5. The Labute approximate surface area is 157 Å². The van der Waals surface area contributed by atoms with Gasteiger partial charge in [0.25, 0.3) is 0 Å². The number of ether oxygens (including phenoxy) is 2. The Hall–Kier alpha value is -3.48. The number of para-hydroxylation sites is 1. The van der Waals surface area contributed by atoms with Crippen molar-refractivity contribution >= 4 is 5.96 Å². The maximum atomic E-state index is 5.42. The minimum atomic E-state index is 0.283. The van der Waals surface area contributed by atoms with Gasteiger partial charge in [0.1, 0.15) is 0 Å². The average Bonchev–Trinajstić information content (AvgIpc) is 3.40. The first-order chi connectivity index (χ1) is 13.3. The number of aromatic nitrogens is 2. The number of nitrogens with zero attached hydrogens (tertiary/aromatic N) is 3. The summed E-state index contributed by atoms with van der Waals surface area (Å²) in [5.74, 6) is 2.30. The van der Waals surface area contributed by atoms with Crippen LogP contribution in [0.15, 0.2) is 66.2 Å². The van der Waals surface area contributed by atoms with E-state index in [4.69, 9.17) is 9.47 Å². The quantitative estimate of drug-likeness (QED) is 0.538. The first kappa shape index (κ1) is 17.0. The lowest BCUT2D eigenvalue weighted by Crippen LogP contribution is -2.36. The van der Waals surface area contributed by atoms with Gasteiger partial charge in [-0.1, -0.05) is 24.3 Å². The summed E-state index contributed by atoms with van der Waals surface area (Å²) in [6.07, 6.45) is 5.51. The van der Waals surface area contributed by atoms with Crippen LogP contribution in [-0.4, -0.2) is 29.4 Å². The van der Waals surface area contributed by atoms with Crippen molar-refractivity contribution < 1.29 is 9.47 Å². The highest BCUT2D eigenvalue weighted by Crippen LogP contribution is 2.32. The van der Waals surface area contributed by atoms with E-state index in [9.17, 15) is 0 Å². The molecule has 2 aromatic carbocycles. The largest absolute Gasteiger partial charge is 0.454 e. The van der Waals surface area contributed by atoms with Gasteiger partial charge >= 0.3 is 0 Å². The van der Waals surface area contributed by atoms with Gasteiger partial charge in [-0.15, -0.1) is 0 Å². The summed E-state index contributed by atoms with van der Waals surface area (Å²) in [5.41, 5.74) is 3.34. The average molecular weight is 363 g/mol. The van der Waals surface area contributed by atoms with E-state index in [1.54, 1.807) is 19.6 Å². The second kappa shape index (κ2) is 7.82. The van der Waals surface area contributed by atoms with E-state index in [-0.39, 0.29) is 6.79 Å². The van der Waals surface area contributed by atoms with Gasteiger partial charge in [-0.05, 0) is 29.3 Å². The number of guanidine groups is 1. The molecule has 3 aromatic rings. The smallest absolute Gasteiger partial charge is 0.231 e. The van der Waals surface area contributed by atoms with Crippen LogP contribution in [0.4, 0.5) is 0 Å². The van der Waals surface area contributed by atoms with Gasteiger partial charge in [-0.2, -0.15) is 0 Å². The van der Waals surface area contributed by atoms with E-state index >= 15 is 0 Å². The Kier molecular flexibility index (Phi) is 4.91. The molecular weight excluding hydrogens is 342 g/mol. The molecule has 2 N–H and O–H groups in total. The molecule has 0 atom stereocenters. The van der Waals surface area contributed by atoms with E-state index < -0.39 is 0 Å². The third-order valence-electron chi connectivity index (χ3n) is 4.34. The molecule has 0 saturated heterocycles. The second-order valence-electron chi connectivity index (χ2n) is 6.07. The van der Waals surface area contributed by atoms with E-state index in [0.29, 0.717) is 13.1 Å². The van der Waals surface area contributed by atoms with Crippen molar-refractivity contribution in [2.45, 2.75) is 13.1 Å². The summed E-state index contributed by atoms with van der Waals surface area (Å²) in [7, 11) is 1.76. The van der Waals surface area contributed by atoms with Gasteiger partial charge in [0.15, 0.2) is 17.5 Å². The highest BCUT2D eigenvalue weighted by Gasteiger charge is 2.13. The van der Waals surface area contributed by atoms with E-state index in [1.165, 1.54) is 0 Å². The van der Waals surface area contributed by atoms with Gasteiger partial charge in [-0.25, -0.2) is 4.98 Å². The molecule has 1 aliphatic heterocycles. The molecule has 1 aromatic heterocycles. The molecule has 0 fully saturated rings. The highest BCUT2D eigenvalue weighted by atomic mass is 16.7. The molecule has 0 radical (unpaired) electrons. The van der Waals surface area contributed by atoms with E-state index in [0.717, 1.165) is 34.3 Å². The van der Waals surface area contributed by atoms with Crippen molar-refractivity contribution in [3.63, 3.8) is 0 Å². The number of benzene rings is 2. The molecular formula is C20H21N5O2. The molecule has 1 aliphatic rings. The minimum Gasteiger partial charge on any atom is -0.454 e. The standard InChI is InChI=1S/C20H21N5O2/c1-21-20(23-11-15-6-7-18-19(10-15)27-14-26-18)24-12-16-4-2-3-5-17(16)25-9-8-22-13-25/h2-10,13H,11-12,14H2,1H3,(H2,21,23,24). The maximum Gasteiger partial charge on any atom is 0.231 e. The second-order valence-corrected chi connectivity index (χ2v) is 6.07. The Morgan fingerprint density at radius 2 is 1.96 bits per heavy atom. The molecule has 0 bridgehead atoms. The number of hydrogen-bond acceptors (Lipinski definition) is 4. The van der Waals surface area contributed by atoms with Crippen molar-refractivity contribution in [2.24, 2.45) is 4.99 Å². The molecule has 27 heavy (non-hydrogen) atoms. The van der Waals surface area contributed by atoms with Gasteiger partial charge in [0.05, 0.1) is 12.0 Å². The van der Waals surface area contributed by atoms with Crippen LogP contribution < -0.4 is 20.1 Å². The van der Waals surface area contributed by atoms with Crippen LogP contribution in [0.25, 0.3) is 5.69 Å². The Morgan fingerprint density at radius 1 is 1.11 bits per heavy atom. The first-order valence-electron chi connectivity index (χ1n) is 8.73. The normalized spacial score (nSPS) is 12.9.